The van der Waals surface area contributed by atoms with Gasteiger partial charge in [0.25, 0.3) is 0 Å². The Labute approximate surface area is 129 Å². The molecule has 1 amide bonds. The van der Waals surface area contributed by atoms with E-state index in [-0.39, 0.29) is 5.91 Å². The number of hydrogen-bond donors (Lipinski definition) is 1. The SMILES string of the molecule is COCCCC(=O)Nc1ncc(Cc2ccc(C)cc2)s1. The lowest BCUT2D eigenvalue weighted by molar-refractivity contribution is -0.116. The highest BCUT2D eigenvalue weighted by molar-refractivity contribution is 7.15. The normalized spacial score (nSPS) is 10.6. The zero-order valence-electron chi connectivity index (χ0n) is 12.4. The molecule has 0 aliphatic rings. The Bertz CT molecular complexity index is 578. The van der Waals surface area contributed by atoms with Gasteiger partial charge in [-0.05, 0) is 18.9 Å². The minimum Gasteiger partial charge on any atom is -0.385 e. The number of nitrogens with zero attached hydrogens (tertiary/aromatic N) is 1. The molecule has 4 nitrogen and oxygen atoms in total. The first-order valence-electron chi connectivity index (χ1n) is 6.96. The van der Waals surface area contributed by atoms with Crippen LogP contribution in [-0.4, -0.2) is 24.6 Å². The number of hydrogen-bond acceptors (Lipinski definition) is 4. The summed E-state index contributed by atoms with van der Waals surface area (Å²) < 4.78 is 4.93. The van der Waals surface area contributed by atoms with Crippen molar-refractivity contribution in [3.8, 4) is 0 Å². The number of methoxy groups -OCH3 is 1. The van der Waals surface area contributed by atoms with Gasteiger partial charge in [0.15, 0.2) is 5.13 Å². The van der Waals surface area contributed by atoms with Crippen molar-refractivity contribution in [3.63, 3.8) is 0 Å². The molecule has 2 aromatic rings. The lowest BCUT2D eigenvalue weighted by Gasteiger charge is -2.01. The van der Waals surface area contributed by atoms with Crippen LogP contribution in [-0.2, 0) is 16.0 Å². The van der Waals surface area contributed by atoms with Crippen LogP contribution in [0, 0.1) is 6.92 Å². The summed E-state index contributed by atoms with van der Waals surface area (Å²) in [4.78, 5) is 17.1. The Balaban J connectivity index is 1.86. The number of ether oxygens (including phenoxy) is 1. The van der Waals surface area contributed by atoms with E-state index in [0.29, 0.717) is 18.2 Å². The van der Waals surface area contributed by atoms with E-state index in [4.69, 9.17) is 4.74 Å². The Morgan fingerprint density at radius 1 is 1.33 bits per heavy atom. The number of amides is 1. The van der Waals surface area contributed by atoms with Crippen molar-refractivity contribution in [2.24, 2.45) is 0 Å². The second kappa shape index (κ2) is 7.90. The largest absolute Gasteiger partial charge is 0.385 e. The first-order chi connectivity index (χ1) is 10.2. The Morgan fingerprint density at radius 3 is 2.81 bits per heavy atom. The van der Waals surface area contributed by atoms with E-state index in [1.54, 1.807) is 7.11 Å². The molecule has 0 aliphatic heterocycles. The molecular weight excluding hydrogens is 284 g/mol. The van der Waals surface area contributed by atoms with Crippen molar-refractivity contribution in [2.75, 3.05) is 19.0 Å². The Morgan fingerprint density at radius 2 is 2.10 bits per heavy atom. The second-order valence-electron chi connectivity index (χ2n) is 4.94. The third-order valence-corrected chi connectivity index (χ3v) is 3.96. The molecule has 0 unspecified atom stereocenters. The number of rotatable bonds is 7. The van der Waals surface area contributed by atoms with Crippen LogP contribution in [0.15, 0.2) is 30.5 Å². The fraction of sp³-hybridized carbons (Fsp3) is 0.375. The molecule has 21 heavy (non-hydrogen) atoms. The minimum absolute atomic E-state index is 0.0108. The maximum atomic E-state index is 11.7. The van der Waals surface area contributed by atoms with Gasteiger partial charge in [-0.25, -0.2) is 4.98 Å². The lowest BCUT2D eigenvalue weighted by atomic mass is 10.1. The number of thiazole rings is 1. The van der Waals surface area contributed by atoms with E-state index >= 15 is 0 Å². The fourth-order valence-electron chi connectivity index (χ4n) is 1.91. The summed E-state index contributed by atoms with van der Waals surface area (Å²) >= 11 is 1.53. The van der Waals surface area contributed by atoms with E-state index in [0.717, 1.165) is 17.7 Å². The summed E-state index contributed by atoms with van der Waals surface area (Å²) in [6.07, 6.45) is 3.86. The molecule has 0 aliphatic carbocycles. The zero-order valence-corrected chi connectivity index (χ0v) is 13.2. The van der Waals surface area contributed by atoms with Crippen LogP contribution < -0.4 is 5.32 Å². The van der Waals surface area contributed by atoms with Gasteiger partial charge in [-0.3, -0.25) is 4.79 Å². The standard InChI is InChI=1S/C16H20N2O2S/c1-12-5-7-13(8-6-12)10-14-11-17-16(21-14)18-15(19)4-3-9-20-2/h5-8,11H,3-4,9-10H2,1-2H3,(H,17,18,19). The number of carbonyl (C=O) groups excluding carboxylic acids is 1. The van der Waals surface area contributed by atoms with Gasteiger partial charge in [-0.15, -0.1) is 11.3 Å². The summed E-state index contributed by atoms with van der Waals surface area (Å²) in [6.45, 7) is 2.68. The van der Waals surface area contributed by atoms with Crippen LogP contribution in [0.3, 0.4) is 0 Å². The molecule has 112 valence electrons. The number of aryl methyl sites for hydroxylation is 1. The second-order valence-corrected chi connectivity index (χ2v) is 6.05. The summed E-state index contributed by atoms with van der Waals surface area (Å²) in [6, 6.07) is 8.46. The van der Waals surface area contributed by atoms with Gasteiger partial charge >= 0.3 is 0 Å². The maximum absolute atomic E-state index is 11.7. The van der Waals surface area contributed by atoms with Gasteiger partial charge in [-0.2, -0.15) is 0 Å². The number of benzene rings is 1. The van der Waals surface area contributed by atoms with Crippen molar-refractivity contribution in [1.29, 1.82) is 0 Å². The molecule has 0 atom stereocenters. The van der Waals surface area contributed by atoms with Gasteiger partial charge in [0.2, 0.25) is 5.91 Å². The summed E-state index contributed by atoms with van der Waals surface area (Å²) in [5.41, 5.74) is 2.51. The molecule has 5 heteroatoms. The van der Waals surface area contributed by atoms with Crippen LogP contribution in [0.1, 0.15) is 28.8 Å². The first kappa shape index (κ1) is 15.7. The molecule has 1 N–H and O–H groups in total. The van der Waals surface area contributed by atoms with E-state index in [1.165, 1.54) is 22.5 Å². The number of carbonyl (C=O) groups is 1. The van der Waals surface area contributed by atoms with Crippen LogP contribution in [0.4, 0.5) is 5.13 Å². The molecule has 0 bridgehead atoms. The maximum Gasteiger partial charge on any atom is 0.226 e. The Kier molecular flexibility index (Phi) is 5.90. The van der Waals surface area contributed by atoms with Crippen LogP contribution in [0.2, 0.25) is 0 Å². The van der Waals surface area contributed by atoms with Crippen LogP contribution in [0.25, 0.3) is 0 Å². The van der Waals surface area contributed by atoms with Gasteiger partial charge in [0.05, 0.1) is 0 Å². The van der Waals surface area contributed by atoms with Crippen molar-refractivity contribution in [3.05, 3.63) is 46.5 Å². The number of nitrogens with one attached hydrogen (secondary N) is 1. The van der Waals surface area contributed by atoms with Gasteiger partial charge in [0.1, 0.15) is 0 Å². The molecule has 0 saturated heterocycles. The van der Waals surface area contributed by atoms with E-state index in [2.05, 4.69) is 41.5 Å². The predicted molar refractivity (Wildman–Crippen MR) is 85.8 cm³/mol. The highest BCUT2D eigenvalue weighted by atomic mass is 32.1. The van der Waals surface area contributed by atoms with E-state index in [9.17, 15) is 4.79 Å². The average molecular weight is 304 g/mol. The molecular formula is C16H20N2O2S. The van der Waals surface area contributed by atoms with Crippen molar-refractivity contribution < 1.29 is 9.53 Å². The monoisotopic (exact) mass is 304 g/mol. The molecule has 1 aromatic carbocycles. The predicted octanol–water partition coefficient (Wildman–Crippen LogP) is 3.41. The number of aromatic nitrogens is 1. The van der Waals surface area contributed by atoms with Crippen LogP contribution >= 0.6 is 11.3 Å². The summed E-state index contributed by atoms with van der Waals surface area (Å²) in [5, 5.41) is 3.50. The molecule has 2 rings (SSSR count). The summed E-state index contributed by atoms with van der Waals surface area (Å²) in [7, 11) is 1.64. The smallest absolute Gasteiger partial charge is 0.226 e. The molecule has 0 saturated carbocycles. The third-order valence-electron chi connectivity index (χ3n) is 3.05. The van der Waals surface area contributed by atoms with Gasteiger partial charge in [-0.1, -0.05) is 29.8 Å². The minimum atomic E-state index is -0.0108. The topological polar surface area (TPSA) is 51.2 Å². The van der Waals surface area contributed by atoms with Crippen molar-refractivity contribution in [1.82, 2.24) is 4.98 Å². The molecule has 0 radical (unpaired) electrons. The van der Waals surface area contributed by atoms with Gasteiger partial charge < -0.3 is 10.1 Å². The lowest BCUT2D eigenvalue weighted by Crippen LogP contribution is -2.11. The van der Waals surface area contributed by atoms with E-state index < -0.39 is 0 Å². The molecule has 1 aromatic heterocycles. The zero-order chi connectivity index (χ0) is 15.1. The average Bonchev–Trinajstić information content (AvgIpc) is 2.89. The highest BCUT2D eigenvalue weighted by Crippen LogP contribution is 2.21. The first-order valence-corrected chi connectivity index (χ1v) is 7.78. The van der Waals surface area contributed by atoms with E-state index in [1.807, 2.05) is 6.20 Å². The fourth-order valence-corrected chi connectivity index (χ4v) is 2.78. The summed E-state index contributed by atoms with van der Waals surface area (Å²) in [5.74, 6) is -0.0108. The third kappa shape index (κ3) is 5.28. The highest BCUT2D eigenvalue weighted by Gasteiger charge is 2.07. The molecule has 0 spiro atoms. The van der Waals surface area contributed by atoms with Crippen LogP contribution in [0.5, 0.6) is 0 Å². The number of anilines is 1. The molecule has 0 fully saturated rings. The van der Waals surface area contributed by atoms with Crippen molar-refractivity contribution in [2.45, 2.75) is 26.2 Å². The quantitative estimate of drug-likeness (QED) is 0.798. The Hall–Kier alpha value is -1.72. The van der Waals surface area contributed by atoms with Crippen molar-refractivity contribution >= 4 is 22.4 Å². The van der Waals surface area contributed by atoms with Gasteiger partial charge in [0, 0.05) is 37.6 Å². The molecule has 1 heterocycles.